The number of hydrogen-bond donors (Lipinski definition) is 0. The lowest BCUT2D eigenvalue weighted by Crippen LogP contribution is -2.32. The average molecular weight is 284 g/mol. The number of amides is 2. The number of carbonyl (C=O) groups is 2. The maximum Gasteiger partial charge on any atom is 0.237 e. The third kappa shape index (κ3) is 2.14. The van der Waals surface area contributed by atoms with Crippen molar-refractivity contribution in [1.82, 2.24) is 4.90 Å². The first-order chi connectivity index (χ1) is 10.1. The third-order valence-electron chi connectivity index (χ3n) is 3.88. The molecule has 3 rings (SSSR count). The van der Waals surface area contributed by atoms with Gasteiger partial charge in [0.05, 0.1) is 5.92 Å². The highest BCUT2D eigenvalue weighted by Crippen LogP contribution is 2.32. The van der Waals surface area contributed by atoms with Gasteiger partial charge in [-0.15, -0.1) is 0 Å². The smallest absolute Gasteiger partial charge is 0.237 e. The topological polar surface area (TPSA) is 64.3 Å². The molecule has 0 aliphatic carbocycles. The van der Waals surface area contributed by atoms with E-state index in [1.165, 1.54) is 11.1 Å². The standard InChI is InChI=1S/C16H16N2O3/c1-2-8-17-14(19)10-13(16(17)20)12-7-3-5-11-6-4-9-18(21)15(11)12/h3-7,9,13H,2,8,10H2,1H3. The summed E-state index contributed by atoms with van der Waals surface area (Å²) in [6.45, 7) is 2.37. The molecule has 2 amide bonds. The van der Waals surface area contributed by atoms with Gasteiger partial charge >= 0.3 is 0 Å². The van der Waals surface area contributed by atoms with E-state index in [9.17, 15) is 14.8 Å². The molecule has 5 nitrogen and oxygen atoms in total. The van der Waals surface area contributed by atoms with Crippen molar-refractivity contribution in [3.05, 3.63) is 47.3 Å². The zero-order valence-corrected chi connectivity index (χ0v) is 11.8. The first-order valence-corrected chi connectivity index (χ1v) is 7.08. The van der Waals surface area contributed by atoms with Crippen LogP contribution in [-0.4, -0.2) is 23.3 Å². The normalized spacial score (nSPS) is 18.7. The van der Waals surface area contributed by atoms with Crippen molar-refractivity contribution in [3.63, 3.8) is 0 Å². The maximum absolute atomic E-state index is 12.5. The number of benzene rings is 1. The number of imide groups is 1. The van der Waals surface area contributed by atoms with Crippen molar-refractivity contribution >= 4 is 22.7 Å². The predicted octanol–water partition coefficient (Wildman–Crippen LogP) is 1.73. The van der Waals surface area contributed by atoms with E-state index in [2.05, 4.69) is 0 Å². The number of nitrogens with zero attached hydrogens (tertiary/aromatic N) is 2. The molecule has 1 aromatic carbocycles. The molecule has 0 radical (unpaired) electrons. The van der Waals surface area contributed by atoms with Crippen molar-refractivity contribution in [2.24, 2.45) is 0 Å². The molecule has 1 aromatic heterocycles. The molecule has 1 aliphatic rings. The lowest BCUT2D eigenvalue weighted by molar-refractivity contribution is -0.577. The molecule has 0 bridgehead atoms. The highest BCUT2D eigenvalue weighted by atomic mass is 16.5. The van der Waals surface area contributed by atoms with Gasteiger partial charge in [-0.3, -0.25) is 14.5 Å². The second kappa shape index (κ2) is 5.16. The fourth-order valence-corrected chi connectivity index (χ4v) is 2.93. The van der Waals surface area contributed by atoms with Gasteiger partial charge in [0.15, 0.2) is 6.20 Å². The van der Waals surface area contributed by atoms with Crippen LogP contribution in [0.4, 0.5) is 0 Å². The minimum Gasteiger partial charge on any atom is -0.618 e. The van der Waals surface area contributed by atoms with Crippen LogP contribution < -0.4 is 4.73 Å². The maximum atomic E-state index is 12.5. The van der Waals surface area contributed by atoms with Crippen molar-refractivity contribution in [2.75, 3.05) is 6.54 Å². The molecule has 2 heterocycles. The van der Waals surface area contributed by atoms with E-state index < -0.39 is 5.92 Å². The van der Waals surface area contributed by atoms with Gasteiger partial charge < -0.3 is 5.21 Å². The first-order valence-electron chi connectivity index (χ1n) is 7.08. The summed E-state index contributed by atoms with van der Waals surface area (Å²) in [7, 11) is 0. The number of pyridine rings is 1. The van der Waals surface area contributed by atoms with Crippen molar-refractivity contribution < 1.29 is 14.3 Å². The van der Waals surface area contributed by atoms with Crippen molar-refractivity contribution in [2.45, 2.75) is 25.7 Å². The Morgan fingerprint density at radius 3 is 2.81 bits per heavy atom. The molecule has 0 spiro atoms. The molecule has 0 N–H and O–H groups in total. The summed E-state index contributed by atoms with van der Waals surface area (Å²) >= 11 is 0. The number of hydrogen-bond acceptors (Lipinski definition) is 3. The Morgan fingerprint density at radius 1 is 1.29 bits per heavy atom. The monoisotopic (exact) mass is 284 g/mol. The van der Waals surface area contributed by atoms with Gasteiger partial charge in [0.2, 0.25) is 17.3 Å². The molecular formula is C16H16N2O3. The SMILES string of the molecule is CCCN1C(=O)CC(c2cccc3ccc[n+]([O-])c23)C1=O. The summed E-state index contributed by atoms with van der Waals surface area (Å²) in [5.41, 5.74) is 1.12. The van der Waals surface area contributed by atoms with Crippen LogP contribution in [0.25, 0.3) is 10.9 Å². The van der Waals surface area contributed by atoms with Gasteiger partial charge in [0.25, 0.3) is 0 Å². The average Bonchev–Trinajstić information content (AvgIpc) is 2.75. The predicted molar refractivity (Wildman–Crippen MR) is 77.3 cm³/mol. The number of likely N-dealkylation sites (tertiary alicyclic amines) is 1. The van der Waals surface area contributed by atoms with E-state index in [1.54, 1.807) is 12.1 Å². The molecule has 0 saturated carbocycles. The molecule has 2 aromatic rings. The largest absolute Gasteiger partial charge is 0.618 e. The van der Waals surface area contributed by atoms with Crippen LogP contribution in [0.2, 0.25) is 0 Å². The number of aromatic nitrogens is 1. The Kier molecular flexibility index (Phi) is 3.33. The number of rotatable bonds is 3. The molecule has 1 unspecified atom stereocenters. The van der Waals surface area contributed by atoms with Crippen LogP contribution in [0.5, 0.6) is 0 Å². The summed E-state index contributed by atoms with van der Waals surface area (Å²) in [4.78, 5) is 25.8. The van der Waals surface area contributed by atoms with Gasteiger partial charge in [-0.05, 0) is 18.6 Å². The van der Waals surface area contributed by atoms with Crippen LogP contribution in [-0.2, 0) is 9.59 Å². The van der Waals surface area contributed by atoms with E-state index in [4.69, 9.17) is 0 Å². The number of carbonyl (C=O) groups excluding carboxylic acids is 2. The zero-order valence-electron chi connectivity index (χ0n) is 11.8. The zero-order chi connectivity index (χ0) is 15.0. The summed E-state index contributed by atoms with van der Waals surface area (Å²) in [6, 6.07) is 8.92. The quantitative estimate of drug-likeness (QED) is 0.490. The Hall–Kier alpha value is -2.43. The van der Waals surface area contributed by atoms with Gasteiger partial charge in [0.1, 0.15) is 0 Å². The van der Waals surface area contributed by atoms with E-state index >= 15 is 0 Å². The van der Waals surface area contributed by atoms with Crippen LogP contribution in [0.15, 0.2) is 36.5 Å². The van der Waals surface area contributed by atoms with Crippen LogP contribution in [0.3, 0.4) is 0 Å². The fourth-order valence-electron chi connectivity index (χ4n) is 2.93. The Bertz CT molecular complexity index is 721. The van der Waals surface area contributed by atoms with Crippen LogP contribution in [0.1, 0.15) is 31.2 Å². The van der Waals surface area contributed by atoms with Crippen molar-refractivity contribution in [3.8, 4) is 0 Å². The van der Waals surface area contributed by atoms with Gasteiger partial charge in [-0.25, -0.2) is 0 Å². The molecule has 21 heavy (non-hydrogen) atoms. The molecule has 108 valence electrons. The van der Waals surface area contributed by atoms with E-state index in [0.717, 1.165) is 16.5 Å². The van der Waals surface area contributed by atoms with E-state index in [0.29, 0.717) is 17.6 Å². The van der Waals surface area contributed by atoms with Crippen LogP contribution >= 0.6 is 0 Å². The summed E-state index contributed by atoms with van der Waals surface area (Å²) in [5.74, 6) is -0.897. The van der Waals surface area contributed by atoms with Gasteiger partial charge in [-0.1, -0.05) is 19.1 Å². The third-order valence-corrected chi connectivity index (χ3v) is 3.88. The number of fused-ring (bicyclic) bond motifs is 1. The summed E-state index contributed by atoms with van der Waals surface area (Å²) in [6.07, 6.45) is 2.30. The highest BCUT2D eigenvalue weighted by Gasteiger charge is 2.40. The summed E-state index contributed by atoms with van der Waals surface area (Å²) < 4.78 is 0.769. The van der Waals surface area contributed by atoms with Crippen molar-refractivity contribution in [1.29, 1.82) is 0 Å². The van der Waals surface area contributed by atoms with E-state index in [1.807, 2.05) is 25.1 Å². The Morgan fingerprint density at radius 2 is 2.05 bits per heavy atom. The lowest BCUT2D eigenvalue weighted by atomic mass is 9.95. The minimum atomic E-state index is -0.546. The second-order valence-electron chi connectivity index (χ2n) is 5.26. The fraction of sp³-hybridized carbons (Fsp3) is 0.312. The summed E-state index contributed by atoms with van der Waals surface area (Å²) in [5, 5.41) is 12.8. The Labute approximate surface area is 122 Å². The molecule has 1 fully saturated rings. The van der Waals surface area contributed by atoms with Crippen LogP contribution in [0, 0.1) is 5.21 Å². The second-order valence-corrected chi connectivity index (χ2v) is 5.26. The molecule has 5 heteroatoms. The molecular weight excluding hydrogens is 268 g/mol. The van der Waals surface area contributed by atoms with Gasteiger partial charge in [0, 0.05) is 30.0 Å². The highest BCUT2D eigenvalue weighted by molar-refractivity contribution is 6.07. The molecule has 1 aliphatic heterocycles. The molecule has 1 atom stereocenters. The Balaban J connectivity index is 2.10. The lowest BCUT2D eigenvalue weighted by Gasteiger charge is -2.14. The van der Waals surface area contributed by atoms with Gasteiger partial charge in [-0.2, -0.15) is 4.73 Å². The first kappa shape index (κ1) is 13.5. The minimum absolute atomic E-state index is 0.146. The number of para-hydroxylation sites is 1. The molecule has 1 saturated heterocycles. The van der Waals surface area contributed by atoms with E-state index in [-0.39, 0.29) is 18.2 Å².